The summed E-state index contributed by atoms with van der Waals surface area (Å²) < 4.78 is 5.43. The number of nitrogens with zero attached hydrogens (tertiary/aromatic N) is 1. The molecule has 0 heterocycles. The summed E-state index contributed by atoms with van der Waals surface area (Å²) in [4.78, 5) is 10.1. The van der Waals surface area contributed by atoms with Gasteiger partial charge in [0.05, 0.1) is 17.6 Å². The van der Waals surface area contributed by atoms with Crippen LogP contribution in [-0.2, 0) is 4.74 Å². The van der Waals surface area contributed by atoms with Crippen LogP contribution in [-0.4, -0.2) is 36.4 Å². The van der Waals surface area contributed by atoms with Crippen molar-refractivity contribution >= 4 is 27.3 Å². The SMILES string of the molecule is COCC(O)CCNc1ccc([N+](=O)[O-])cc1Br. The molecule has 100 valence electrons. The van der Waals surface area contributed by atoms with Gasteiger partial charge in [-0.25, -0.2) is 0 Å². The summed E-state index contributed by atoms with van der Waals surface area (Å²) >= 11 is 3.26. The number of rotatable bonds is 7. The maximum absolute atomic E-state index is 10.6. The van der Waals surface area contributed by atoms with Crippen LogP contribution in [0.4, 0.5) is 11.4 Å². The fraction of sp³-hybridized carbons (Fsp3) is 0.455. The zero-order chi connectivity index (χ0) is 13.5. The highest BCUT2D eigenvalue weighted by Crippen LogP contribution is 2.26. The van der Waals surface area contributed by atoms with Gasteiger partial charge < -0.3 is 15.2 Å². The van der Waals surface area contributed by atoms with Crippen LogP contribution in [0.5, 0.6) is 0 Å². The van der Waals surface area contributed by atoms with Gasteiger partial charge >= 0.3 is 0 Å². The van der Waals surface area contributed by atoms with Crippen LogP contribution in [0.25, 0.3) is 0 Å². The number of benzene rings is 1. The van der Waals surface area contributed by atoms with Crippen molar-refractivity contribution in [1.82, 2.24) is 0 Å². The van der Waals surface area contributed by atoms with E-state index in [1.54, 1.807) is 6.07 Å². The first-order chi connectivity index (χ1) is 8.54. The fourth-order valence-electron chi connectivity index (χ4n) is 1.41. The van der Waals surface area contributed by atoms with Crippen molar-refractivity contribution in [2.45, 2.75) is 12.5 Å². The lowest BCUT2D eigenvalue weighted by molar-refractivity contribution is -0.384. The van der Waals surface area contributed by atoms with Gasteiger partial charge in [-0.15, -0.1) is 0 Å². The molecule has 2 N–H and O–H groups in total. The van der Waals surface area contributed by atoms with Crippen LogP contribution in [0.3, 0.4) is 0 Å². The van der Waals surface area contributed by atoms with Gasteiger partial charge in [-0.1, -0.05) is 0 Å². The number of hydrogen-bond donors (Lipinski definition) is 2. The van der Waals surface area contributed by atoms with Crippen LogP contribution < -0.4 is 5.32 Å². The van der Waals surface area contributed by atoms with Crippen LogP contribution in [0.1, 0.15) is 6.42 Å². The number of hydrogen-bond acceptors (Lipinski definition) is 5. The third kappa shape index (κ3) is 4.59. The number of aliphatic hydroxyl groups is 1. The number of methoxy groups -OCH3 is 1. The molecule has 0 aliphatic heterocycles. The maximum Gasteiger partial charge on any atom is 0.270 e. The van der Waals surface area contributed by atoms with Gasteiger partial charge in [0.2, 0.25) is 0 Å². The summed E-state index contributed by atoms with van der Waals surface area (Å²) in [6, 6.07) is 4.50. The molecule has 1 rings (SSSR count). The predicted octanol–water partition coefficient (Wildman–Crippen LogP) is 2.17. The first-order valence-corrected chi connectivity index (χ1v) is 6.18. The minimum absolute atomic E-state index is 0.0341. The molecule has 7 heteroatoms. The van der Waals surface area contributed by atoms with Gasteiger partial charge in [-0.05, 0) is 28.4 Å². The van der Waals surface area contributed by atoms with E-state index in [0.29, 0.717) is 24.0 Å². The lowest BCUT2D eigenvalue weighted by atomic mass is 10.2. The van der Waals surface area contributed by atoms with Crippen LogP contribution in [0.2, 0.25) is 0 Å². The molecule has 0 aliphatic rings. The van der Waals surface area contributed by atoms with Crippen molar-refractivity contribution in [3.05, 3.63) is 32.8 Å². The summed E-state index contributed by atoms with van der Waals surface area (Å²) in [6.45, 7) is 0.851. The summed E-state index contributed by atoms with van der Waals surface area (Å²) in [5.74, 6) is 0. The summed E-state index contributed by atoms with van der Waals surface area (Å²) in [5.41, 5.74) is 0.789. The zero-order valence-corrected chi connectivity index (χ0v) is 11.5. The molecule has 0 fully saturated rings. The smallest absolute Gasteiger partial charge is 0.270 e. The van der Waals surface area contributed by atoms with Crippen LogP contribution >= 0.6 is 15.9 Å². The average molecular weight is 319 g/mol. The number of ether oxygens (including phenoxy) is 1. The highest BCUT2D eigenvalue weighted by molar-refractivity contribution is 9.10. The number of nitro benzene ring substituents is 1. The Kier molecular flexibility index (Phi) is 6.03. The van der Waals surface area contributed by atoms with Crippen LogP contribution in [0.15, 0.2) is 22.7 Å². The number of halogens is 1. The van der Waals surface area contributed by atoms with E-state index in [2.05, 4.69) is 21.2 Å². The molecule has 0 radical (unpaired) electrons. The summed E-state index contributed by atoms with van der Waals surface area (Å²) in [6.07, 6.45) is 0.0244. The Morgan fingerprint density at radius 2 is 2.33 bits per heavy atom. The molecule has 6 nitrogen and oxygen atoms in total. The zero-order valence-electron chi connectivity index (χ0n) is 9.93. The van der Waals surface area contributed by atoms with E-state index in [4.69, 9.17) is 4.74 Å². The second kappa shape index (κ2) is 7.30. The standard InChI is InChI=1S/C11H15BrN2O4/c1-18-7-9(15)4-5-13-11-3-2-8(14(16)17)6-10(11)12/h2-3,6,9,13,15H,4-5,7H2,1H3. The molecule has 0 spiro atoms. The molecule has 18 heavy (non-hydrogen) atoms. The molecule has 0 bridgehead atoms. The summed E-state index contributed by atoms with van der Waals surface area (Å²) in [5, 5.41) is 23.1. The van der Waals surface area contributed by atoms with E-state index in [1.807, 2.05) is 0 Å². The molecule has 0 aromatic heterocycles. The van der Waals surface area contributed by atoms with E-state index in [9.17, 15) is 15.2 Å². The monoisotopic (exact) mass is 318 g/mol. The number of anilines is 1. The first kappa shape index (κ1) is 14.9. The molecule has 0 saturated carbocycles. The Morgan fingerprint density at radius 1 is 1.61 bits per heavy atom. The fourth-order valence-corrected chi connectivity index (χ4v) is 1.92. The van der Waals surface area contributed by atoms with Crippen LogP contribution in [0, 0.1) is 10.1 Å². The number of nitro groups is 1. The van der Waals surface area contributed by atoms with Gasteiger partial charge in [-0.2, -0.15) is 0 Å². The summed E-state index contributed by atoms with van der Waals surface area (Å²) in [7, 11) is 1.53. The van der Waals surface area contributed by atoms with E-state index in [1.165, 1.54) is 19.2 Å². The van der Waals surface area contributed by atoms with Gasteiger partial charge in [-0.3, -0.25) is 10.1 Å². The predicted molar refractivity (Wildman–Crippen MR) is 71.8 cm³/mol. The van der Waals surface area contributed by atoms with Crippen molar-refractivity contribution in [3.8, 4) is 0 Å². The topological polar surface area (TPSA) is 84.6 Å². The highest BCUT2D eigenvalue weighted by Gasteiger charge is 2.09. The van der Waals surface area contributed by atoms with E-state index >= 15 is 0 Å². The Bertz CT molecular complexity index is 414. The molecule has 0 amide bonds. The Morgan fingerprint density at radius 3 is 2.89 bits per heavy atom. The molecule has 1 unspecified atom stereocenters. The quantitative estimate of drug-likeness (QED) is 0.594. The Hall–Kier alpha value is -1.18. The molecular formula is C11H15BrN2O4. The molecule has 1 atom stereocenters. The van der Waals surface area contributed by atoms with E-state index < -0.39 is 11.0 Å². The van der Waals surface area contributed by atoms with Gasteiger partial charge in [0, 0.05) is 35.9 Å². The number of aliphatic hydroxyl groups excluding tert-OH is 1. The Labute approximate surface area is 113 Å². The van der Waals surface area contributed by atoms with E-state index in [-0.39, 0.29) is 5.69 Å². The minimum Gasteiger partial charge on any atom is -0.391 e. The Balaban J connectivity index is 2.50. The molecular weight excluding hydrogens is 304 g/mol. The number of nitrogens with one attached hydrogen (secondary N) is 1. The van der Waals surface area contributed by atoms with Crippen molar-refractivity contribution < 1.29 is 14.8 Å². The molecule has 1 aromatic carbocycles. The third-order valence-corrected chi connectivity index (χ3v) is 2.97. The molecule has 0 aliphatic carbocycles. The average Bonchev–Trinajstić information content (AvgIpc) is 2.31. The second-order valence-corrected chi connectivity index (χ2v) is 4.60. The minimum atomic E-state index is -0.515. The van der Waals surface area contributed by atoms with Crippen molar-refractivity contribution in [1.29, 1.82) is 0 Å². The van der Waals surface area contributed by atoms with Crippen molar-refractivity contribution in [2.24, 2.45) is 0 Å². The van der Waals surface area contributed by atoms with Crippen molar-refractivity contribution in [3.63, 3.8) is 0 Å². The maximum atomic E-state index is 10.6. The highest BCUT2D eigenvalue weighted by atomic mass is 79.9. The largest absolute Gasteiger partial charge is 0.391 e. The molecule has 0 saturated heterocycles. The lowest BCUT2D eigenvalue weighted by Crippen LogP contribution is -2.18. The van der Waals surface area contributed by atoms with Crippen molar-refractivity contribution in [2.75, 3.05) is 25.6 Å². The first-order valence-electron chi connectivity index (χ1n) is 5.39. The number of non-ortho nitro benzene ring substituents is 1. The lowest BCUT2D eigenvalue weighted by Gasteiger charge is -2.11. The molecule has 1 aromatic rings. The third-order valence-electron chi connectivity index (χ3n) is 2.32. The van der Waals surface area contributed by atoms with Gasteiger partial charge in [0.1, 0.15) is 0 Å². The van der Waals surface area contributed by atoms with Gasteiger partial charge in [0.25, 0.3) is 5.69 Å². The van der Waals surface area contributed by atoms with E-state index in [0.717, 1.165) is 5.69 Å². The van der Waals surface area contributed by atoms with Gasteiger partial charge in [0.15, 0.2) is 0 Å². The normalized spacial score (nSPS) is 12.2. The second-order valence-electron chi connectivity index (χ2n) is 3.75.